The first-order chi connectivity index (χ1) is 12.0. The van der Waals surface area contributed by atoms with E-state index in [1.807, 2.05) is 0 Å². The fraction of sp³-hybridized carbons (Fsp3) is 0.688. The van der Waals surface area contributed by atoms with Crippen LogP contribution in [0.5, 0.6) is 0 Å². The quantitative estimate of drug-likeness (QED) is 0.689. The first kappa shape index (κ1) is 20.5. The van der Waals surface area contributed by atoms with Crippen LogP contribution in [0, 0.1) is 0 Å². The molecule has 1 fully saturated rings. The first-order valence-corrected chi connectivity index (χ1v) is 8.72. The van der Waals surface area contributed by atoms with Gasteiger partial charge in [-0.1, -0.05) is 11.6 Å². The molecule has 1 aromatic heterocycles. The summed E-state index contributed by atoms with van der Waals surface area (Å²) < 4.78 is 6.55. The van der Waals surface area contributed by atoms with Crippen LogP contribution in [0.2, 0.25) is 5.02 Å². The first-order valence-electron chi connectivity index (χ1n) is 8.35. The number of β-amino-alcohol motifs (C(OH)–C–C–N with tert-alkyl or cyclic N) is 2. The van der Waals surface area contributed by atoms with Crippen LogP contribution in [-0.4, -0.2) is 73.8 Å². The van der Waals surface area contributed by atoms with Gasteiger partial charge in [-0.15, -0.1) is 0 Å². The maximum Gasteiger partial charge on any atom is 0.407 e. The Balaban J connectivity index is 1.97. The summed E-state index contributed by atoms with van der Waals surface area (Å²) in [7, 11) is 0. The molecule has 146 valence electrons. The van der Waals surface area contributed by atoms with Crippen molar-refractivity contribution in [3.63, 3.8) is 0 Å². The Bertz CT molecular complexity index is 645. The van der Waals surface area contributed by atoms with Crippen molar-refractivity contribution in [3.05, 3.63) is 17.4 Å². The monoisotopic (exact) mass is 388 g/mol. The SMILES string of the molecule is CC(C)(C)OC(=O)N[C@@H]1C[C@@H](O)CN(C(=O)Cn2cc(Cl)cn2)C[C@H]1O. The van der Waals surface area contributed by atoms with Crippen molar-refractivity contribution in [1.29, 1.82) is 0 Å². The number of nitrogens with zero attached hydrogens (tertiary/aromatic N) is 3. The minimum Gasteiger partial charge on any atom is -0.444 e. The summed E-state index contributed by atoms with van der Waals surface area (Å²) in [4.78, 5) is 25.7. The van der Waals surface area contributed by atoms with Crippen LogP contribution >= 0.6 is 11.6 Å². The minimum absolute atomic E-state index is 0.0225. The highest BCUT2D eigenvalue weighted by Crippen LogP contribution is 2.15. The Kier molecular flexibility index (Phi) is 6.48. The third-order valence-corrected chi connectivity index (χ3v) is 3.98. The van der Waals surface area contributed by atoms with Gasteiger partial charge in [-0.05, 0) is 27.2 Å². The summed E-state index contributed by atoms with van der Waals surface area (Å²) in [6.45, 7) is 5.16. The molecule has 0 radical (unpaired) electrons. The third-order valence-electron chi connectivity index (χ3n) is 3.78. The molecule has 0 spiro atoms. The Morgan fingerprint density at radius 1 is 1.38 bits per heavy atom. The topological polar surface area (TPSA) is 117 Å². The molecule has 0 aromatic carbocycles. The van der Waals surface area contributed by atoms with E-state index in [4.69, 9.17) is 16.3 Å². The van der Waals surface area contributed by atoms with E-state index in [1.165, 1.54) is 22.0 Å². The highest BCUT2D eigenvalue weighted by Gasteiger charge is 2.33. The van der Waals surface area contributed by atoms with E-state index < -0.39 is 29.9 Å². The smallest absolute Gasteiger partial charge is 0.407 e. The van der Waals surface area contributed by atoms with Crippen molar-refractivity contribution in [3.8, 4) is 0 Å². The summed E-state index contributed by atoms with van der Waals surface area (Å²) in [5, 5.41) is 27.5. The second kappa shape index (κ2) is 8.24. The zero-order valence-corrected chi connectivity index (χ0v) is 15.8. The van der Waals surface area contributed by atoms with E-state index in [1.54, 1.807) is 20.8 Å². The van der Waals surface area contributed by atoms with E-state index in [-0.39, 0.29) is 32.0 Å². The van der Waals surface area contributed by atoms with Crippen LogP contribution in [-0.2, 0) is 16.1 Å². The van der Waals surface area contributed by atoms with Crippen molar-refractivity contribution in [2.24, 2.45) is 0 Å². The Morgan fingerprint density at radius 3 is 2.65 bits per heavy atom. The number of aliphatic hydroxyl groups is 2. The number of hydrogen-bond donors (Lipinski definition) is 3. The molecule has 1 aliphatic heterocycles. The predicted molar refractivity (Wildman–Crippen MR) is 93.6 cm³/mol. The zero-order chi connectivity index (χ0) is 19.5. The number of ether oxygens (including phenoxy) is 1. The van der Waals surface area contributed by atoms with Gasteiger partial charge in [0.15, 0.2) is 0 Å². The lowest BCUT2D eigenvalue weighted by Gasteiger charge is -2.26. The summed E-state index contributed by atoms with van der Waals surface area (Å²) in [6, 6.07) is -0.725. The maximum absolute atomic E-state index is 12.4. The van der Waals surface area contributed by atoms with Crippen LogP contribution in [0.15, 0.2) is 12.4 Å². The fourth-order valence-electron chi connectivity index (χ4n) is 2.69. The predicted octanol–water partition coefficient (Wildman–Crippen LogP) is 0.384. The van der Waals surface area contributed by atoms with Crippen LogP contribution in [0.4, 0.5) is 4.79 Å². The van der Waals surface area contributed by atoms with Crippen LogP contribution in [0.3, 0.4) is 0 Å². The third kappa shape index (κ3) is 6.15. The molecule has 1 aromatic rings. The second-order valence-electron chi connectivity index (χ2n) is 7.36. The molecule has 0 aliphatic carbocycles. The van der Waals surface area contributed by atoms with Crippen molar-refractivity contribution in [2.75, 3.05) is 13.1 Å². The van der Waals surface area contributed by atoms with Gasteiger partial charge < -0.3 is 25.2 Å². The van der Waals surface area contributed by atoms with Crippen LogP contribution < -0.4 is 5.32 Å². The standard InChI is InChI=1S/C16H25ClN4O5/c1-16(2,3)26-15(25)19-12-4-11(22)7-20(8-13(12)23)14(24)9-21-6-10(17)5-18-21/h5-6,11-13,22-23H,4,7-9H2,1-3H3,(H,19,25)/t11-,12-,13-/m1/s1. The summed E-state index contributed by atoms with van der Waals surface area (Å²) in [6.07, 6.45) is 0.429. The van der Waals surface area contributed by atoms with Gasteiger partial charge >= 0.3 is 6.09 Å². The van der Waals surface area contributed by atoms with Crippen LogP contribution in [0.1, 0.15) is 27.2 Å². The average molecular weight is 389 g/mol. The van der Waals surface area contributed by atoms with Crippen molar-refractivity contribution in [1.82, 2.24) is 20.0 Å². The van der Waals surface area contributed by atoms with Gasteiger partial charge in [0.2, 0.25) is 5.91 Å². The van der Waals surface area contributed by atoms with Gasteiger partial charge in [0.05, 0.1) is 29.5 Å². The fourth-order valence-corrected chi connectivity index (χ4v) is 2.84. The Hall–Kier alpha value is -1.84. The molecular formula is C16H25ClN4O5. The van der Waals surface area contributed by atoms with Gasteiger partial charge in [0, 0.05) is 19.3 Å². The molecule has 3 atom stereocenters. The zero-order valence-electron chi connectivity index (χ0n) is 15.1. The molecule has 3 N–H and O–H groups in total. The van der Waals surface area contributed by atoms with E-state index in [0.29, 0.717) is 5.02 Å². The molecule has 2 rings (SSSR count). The molecule has 1 aliphatic rings. The lowest BCUT2D eigenvalue weighted by atomic mass is 10.1. The van der Waals surface area contributed by atoms with Gasteiger partial charge in [-0.25, -0.2) is 4.79 Å². The summed E-state index contributed by atoms with van der Waals surface area (Å²) in [5.74, 6) is -0.319. The molecule has 10 heteroatoms. The lowest BCUT2D eigenvalue weighted by Crippen LogP contribution is -2.48. The highest BCUT2D eigenvalue weighted by atomic mass is 35.5. The number of likely N-dealkylation sites (tertiary alicyclic amines) is 1. The number of aromatic nitrogens is 2. The number of carbonyl (C=O) groups is 2. The lowest BCUT2D eigenvalue weighted by molar-refractivity contribution is -0.134. The van der Waals surface area contributed by atoms with Crippen LogP contribution in [0.25, 0.3) is 0 Å². The number of nitrogens with one attached hydrogen (secondary N) is 1. The van der Waals surface area contributed by atoms with Gasteiger partial charge in [0.25, 0.3) is 0 Å². The number of rotatable bonds is 3. The highest BCUT2D eigenvalue weighted by molar-refractivity contribution is 6.30. The normalized spacial score (nSPS) is 24.1. The summed E-state index contributed by atoms with van der Waals surface area (Å²) in [5.41, 5.74) is -0.675. The van der Waals surface area contributed by atoms with Crippen molar-refractivity contribution < 1.29 is 24.5 Å². The number of carbonyl (C=O) groups excluding carboxylic acids is 2. The number of aliphatic hydroxyl groups excluding tert-OH is 2. The summed E-state index contributed by atoms with van der Waals surface area (Å²) >= 11 is 5.78. The van der Waals surface area contributed by atoms with E-state index >= 15 is 0 Å². The largest absolute Gasteiger partial charge is 0.444 e. The molecule has 0 bridgehead atoms. The van der Waals surface area contributed by atoms with E-state index in [2.05, 4.69) is 10.4 Å². The Labute approximate surface area is 156 Å². The molecule has 1 saturated heterocycles. The maximum atomic E-state index is 12.4. The molecule has 0 saturated carbocycles. The van der Waals surface area contributed by atoms with E-state index in [0.717, 1.165) is 0 Å². The van der Waals surface area contributed by atoms with Gasteiger partial charge in [-0.3, -0.25) is 9.48 Å². The molecule has 2 amide bonds. The molecule has 2 heterocycles. The molecule has 9 nitrogen and oxygen atoms in total. The molecule has 26 heavy (non-hydrogen) atoms. The number of hydrogen-bond acceptors (Lipinski definition) is 6. The number of amides is 2. The number of alkyl carbamates (subject to hydrolysis) is 1. The second-order valence-corrected chi connectivity index (χ2v) is 7.80. The molecule has 0 unspecified atom stereocenters. The average Bonchev–Trinajstić information content (AvgIpc) is 2.82. The van der Waals surface area contributed by atoms with Gasteiger partial charge in [0.1, 0.15) is 12.1 Å². The van der Waals surface area contributed by atoms with Gasteiger partial charge in [-0.2, -0.15) is 5.10 Å². The van der Waals surface area contributed by atoms with Crippen molar-refractivity contribution >= 4 is 23.6 Å². The molecular weight excluding hydrogens is 364 g/mol. The van der Waals surface area contributed by atoms with Crippen molar-refractivity contribution in [2.45, 2.75) is 57.6 Å². The van der Waals surface area contributed by atoms with E-state index in [9.17, 15) is 19.8 Å². The Morgan fingerprint density at radius 2 is 2.08 bits per heavy atom. The number of halogens is 1. The minimum atomic E-state index is -1.04.